The second-order valence-corrected chi connectivity index (χ2v) is 8.70. The fraction of sp³-hybridized carbons (Fsp3) is 0.385. The molecule has 0 unspecified atom stereocenters. The number of methoxy groups -OCH3 is 1. The van der Waals surface area contributed by atoms with Crippen LogP contribution in [0.1, 0.15) is 28.4 Å². The fourth-order valence-corrected chi connectivity index (χ4v) is 4.38. The largest absolute Gasteiger partial charge is 0.495 e. The number of ether oxygens (including phenoxy) is 2. The van der Waals surface area contributed by atoms with Gasteiger partial charge in [0.2, 0.25) is 0 Å². The molecule has 3 aromatic rings. The van der Waals surface area contributed by atoms with E-state index in [1.54, 1.807) is 26.2 Å². The number of piperazine rings is 1. The molecular weight excluding hydrogens is 473 g/mol. The lowest BCUT2D eigenvalue weighted by Crippen LogP contribution is -2.44. The van der Waals surface area contributed by atoms with Crippen molar-refractivity contribution in [3.05, 3.63) is 53.2 Å². The van der Waals surface area contributed by atoms with Gasteiger partial charge >= 0.3 is 12.1 Å². The van der Waals surface area contributed by atoms with Crippen molar-refractivity contribution in [2.24, 2.45) is 0 Å². The lowest BCUT2D eigenvalue weighted by atomic mass is 10.0. The predicted molar refractivity (Wildman–Crippen MR) is 133 cm³/mol. The molecule has 1 fully saturated rings. The highest BCUT2D eigenvalue weighted by molar-refractivity contribution is 6.07. The van der Waals surface area contributed by atoms with Crippen LogP contribution in [0.25, 0.3) is 10.9 Å². The zero-order valence-electron chi connectivity index (χ0n) is 20.7. The quantitative estimate of drug-likeness (QED) is 0.462. The van der Waals surface area contributed by atoms with E-state index in [0.717, 1.165) is 37.9 Å². The number of carbonyl (C=O) groups excluding carboxylic acids is 1. The van der Waals surface area contributed by atoms with Crippen molar-refractivity contribution < 1.29 is 27.4 Å². The van der Waals surface area contributed by atoms with Gasteiger partial charge in [-0.2, -0.15) is 13.2 Å². The van der Waals surface area contributed by atoms with Gasteiger partial charge in [0.15, 0.2) is 0 Å². The molecule has 4 rings (SSSR count). The monoisotopic (exact) mass is 502 g/mol. The smallest absolute Gasteiger partial charge is 0.416 e. The summed E-state index contributed by atoms with van der Waals surface area (Å²) in [4.78, 5) is 21.7. The van der Waals surface area contributed by atoms with Crippen LogP contribution in [0.15, 0.2) is 36.5 Å². The molecule has 0 bridgehead atoms. The third kappa shape index (κ3) is 5.04. The molecule has 10 heteroatoms. The average Bonchev–Trinajstić information content (AvgIpc) is 2.84. The highest BCUT2D eigenvalue weighted by atomic mass is 19.4. The number of hydrogen-bond donors (Lipinski definition) is 1. The maximum Gasteiger partial charge on any atom is 0.416 e. The Morgan fingerprint density at radius 3 is 2.53 bits per heavy atom. The minimum atomic E-state index is -4.51. The molecule has 0 radical (unpaired) electrons. The molecule has 36 heavy (non-hydrogen) atoms. The molecule has 1 N–H and O–H groups in total. The molecule has 0 atom stereocenters. The number of aromatic nitrogens is 1. The van der Waals surface area contributed by atoms with Crippen molar-refractivity contribution in [3.8, 4) is 5.75 Å². The topological polar surface area (TPSA) is 66.9 Å². The number of hydrogen-bond acceptors (Lipinski definition) is 7. The Kier molecular flexibility index (Phi) is 7.26. The van der Waals surface area contributed by atoms with E-state index >= 15 is 0 Å². The summed E-state index contributed by atoms with van der Waals surface area (Å²) in [5, 5.41) is 3.68. The number of fused-ring (bicyclic) bond motifs is 1. The Labute approximate surface area is 207 Å². The van der Waals surface area contributed by atoms with E-state index in [0.29, 0.717) is 22.3 Å². The molecule has 0 amide bonds. The SMILES string of the molecule is CCOC(=O)c1cnc2cc(OC)c(N3CCN(C)CC3)cc2c1Nc1cccc(C(F)(F)F)c1C. The van der Waals surface area contributed by atoms with Gasteiger partial charge in [-0.15, -0.1) is 0 Å². The van der Waals surface area contributed by atoms with E-state index in [-0.39, 0.29) is 23.4 Å². The van der Waals surface area contributed by atoms with Crippen LogP contribution in [0.2, 0.25) is 0 Å². The average molecular weight is 503 g/mol. The maximum absolute atomic E-state index is 13.6. The van der Waals surface area contributed by atoms with Crippen molar-refractivity contribution in [1.29, 1.82) is 0 Å². The lowest BCUT2D eigenvalue weighted by molar-refractivity contribution is -0.138. The second kappa shape index (κ2) is 10.2. The maximum atomic E-state index is 13.6. The number of anilines is 3. The van der Waals surface area contributed by atoms with Crippen LogP contribution in [0.4, 0.5) is 30.2 Å². The first-order valence-corrected chi connectivity index (χ1v) is 11.7. The first kappa shape index (κ1) is 25.6. The predicted octanol–water partition coefficient (Wildman–Crippen LogP) is 5.24. The van der Waals surface area contributed by atoms with Crippen molar-refractivity contribution in [2.75, 3.05) is 57.2 Å². The standard InChI is InChI=1S/C26H29F3N4O3/c1-5-36-25(34)18-15-30-21-14-23(35-4)22(33-11-9-32(3)10-12-33)13-17(21)24(18)31-20-8-6-7-19(16(20)2)26(27,28)29/h6-8,13-15H,5,9-12H2,1-4H3,(H,30,31). The molecule has 1 aliphatic heterocycles. The van der Waals surface area contributed by atoms with Crippen LogP contribution < -0.4 is 15.0 Å². The van der Waals surface area contributed by atoms with Crippen molar-refractivity contribution in [3.63, 3.8) is 0 Å². The van der Waals surface area contributed by atoms with Gasteiger partial charge < -0.3 is 24.6 Å². The van der Waals surface area contributed by atoms with Crippen molar-refractivity contribution >= 4 is 33.9 Å². The van der Waals surface area contributed by atoms with Gasteiger partial charge in [0.05, 0.1) is 36.2 Å². The minimum Gasteiger partial charge on any atom is -0.495 e. The molecule has 0 saturated carbocycles. The summed E-state index contributed by atoms with van der Waals surface area (Å²) in [5.74, 6) is 0.0145. The summed E-state index contributed by atoms with van der Waals surface area (Å²) in [7, 11) is 3.64. The molecule has 2 aromatic carbocycles. The first-order chi connectivity index (χ1) is 17.1. The number of halogens is 3. The number of likely N-dealkylation sites (N-methyl/N-ethyl adjacent to an activating group) is 1. The van der Waals surface area contributed by atoms with Crippen molar-refractivity contribution in [2.45, 2.75) is 20.0 Å². The van der Waals surface area contributed by atoms with Crippen LogP contribution >= 0.6 is 0 Å². The van der Waals surface area contributed by atoms with E-state index in [9.17, 15) is 18.0 Å². The molecule has 1 aliphatic rings. The summed E-state index contributed by atoms with van der Waals surface area (Å²) in [6, 6.07) is 7.58. The lowest BCUT2D eigenvalue weighted by Gasteiger charge is -2.35. The number of pyridine rings is 1. The Hall–Kier alpha value is -3.53. The van der Waals surface area contributed by atoms with Crippen LogP contribution in [0.3, 0.4) is 0 Å². The Bertz CT molecular complexity index is 1270. The highest BCUT2D eigenvalue weighted by Gasteiger charge is 2.33. The van der Waals surface area contributed by atoms with Gasteiger partial charge in [0.1, 0.15) is 11.3 Å². The minimum absolute atomic E-state index is 0.0255. The summed E-state index contributed by atoms with van der Waals surface area (Å²) in [5.41, 5.74) is 1.34. The van der Waals surface area contributed by atoms with Crippen LogP contribution in [-0.2, 0) is 10.9 Å². The Balaban J connectivity index is 1.90. The van der Waals surface area contributed by atoms with Gasteiger partial charge in [-0.25, -0.2) is 4.79 Å². The van der Waals surface area contributed by atoms with Crippen LogP contribution in [0, 0.1) is 6.92 Å². The number of rotatable bonds is 6. The van der Waals surface area contributed by atoms with Crippen LogP contribution in [0.5, 0.6) is 5.75 Å². The zero-order valence-corrected chi connectivity index (χ0v) is 20.7. The van der Waals surface area contributed by atoms with E-state index in [1.165, 1.54) is 19.2 Å². The van der Waals surface area contributed by atoms with Gasteiger partial charge in [-0.3, -0.25) is 4.98 Å². The van der Waals surface area contributed by atoms with E-state index in [1.807, 2.05) is 6.07 Å². The van der Waals surface area contributed by atoms with E-state index < -0.39 is 17.7 Å². The summed E-state index contributed by atoms with van der Waals surface area (Å²) < 4.78 is 51.6. The second-order valence-electron chi connectivity index (χ2n) is 8.70. The van der Waals surface area contributed by atoms with E-state index in [4.69, 9.17) is 9.47 Å². The van der Waals surface area contributed by atoms with E-state index in [2.05, 4.69) is 27.1 Å². The Morgan fingerprint density at radius 1 is 1.17 bits per heavy atom. The number of nitrogens with one attached hydrogen (secondary N) is 1. The number of esters is 1. The third-order valence-electron chi connectivity index (χ3n) is 6.41. The molecule has 0 aliphatic carbocycles. The normalized spacial score (nSPS) is 14.7. The summed E-state index contributed by atoms with van der Waals surface area (Å²) in [6.07, 6.45) is -3.13. The first-order valence-electron chi connectivity index (χ1n) is 11.7. The number of nitrogens with zero attached hydrogens (tertiary/aromatic N) is 3. The summed E-state index contributed by atoms with van der Waals surface area (Å²) >= 11 is 0. The molecule has 2 heterocycles. The fourth-order valence-electron chi connectivity index (χ4n) is 4.38. The zero-order chi connectivity index (χ0) is 26.0. The van der Waals surface area contributed by atoms with Gasteiger partial charge in [0, 0.05) is 49.5 Å². The van der Waals surface area contributed by atoms with Gasteiger partial charge in [0.25, 0.3) is 0 Å². The Morgan fingerprint density at radius 2 is 1.89 bits per heavy atom. The van der Waals surface area contributed by atoms with Crippen molar-refractivity contribution in [1.82, 2.24) is 9.88 Å². The number of alkyl halides is 3. The molecule has 1 aromatic heterocycles. The molecule has 0 spiro atoms. The molecule has 1 saturated heterocycles. The van der Waals surface area contributed by atoms with Gasteiger partial charge in [-0.1, -0.05) is 6.07 Å². The van der Waals surface area contributed by atoms with Crippen LogP contribution in [-0.4, -0.2) is 62.8 Å². The number of carbonyl (C=O) groups is 1. The molecule has 192 valence electrons. The molecular formula is C26H29F3N4O3. The number of benzene rings is 2. The van der Waals surface area contributed by atoms with Gasteiger partial charge in [-0.05, 0) is 44.7 Å². The molecule has 7 nitrogen and oxygen atoms in total. The summed E-state index contributed by atoms with van der Waals surface area (Å²) in [6.45, 7) is 6.53. The third-order valence-corrected chi connectivity index (χ3v) is 6.41. The highest BCUT2D eigenvalue weighted by Crippen LogP contribution is 2.40.